The SMILES string of the molecule is CC1(CCCCl)C(=O)CCCC1=O. The molecule has 3 heteroatoms. The lowest BCUT2D eigenvalue weighted by atomic mass is 9.71. The van der Waals surface area contributed by atoms with E-state index in [4.69, 9.17) is 11.6 Å². The van der Waals surface area contributed by atoms with Gasteiger partial charge in [-0.3, -0.25) is 9.59 Å². The minimum Gasteiger partial charge on any atom is -0.299 e. The highest BCUT2D eigenvalue weighted by molar-refractivity contribution is 6.18. The highest BCUT2D eigenvalue weighted by atomic mass is 35.5. The van der Waals surface area contributed by atoms with E-state index in [1.54, 1.807) is 6.92 Å². The first-order chi connectivity index (χ1) is 6.11. The number of carbonyl (C=O) groups excluding carboxylic acids is 2. The molecule has 0 aliphatic heterocycles. The zero-order chi connectivity index (χ0) is 9.90. The van der Waals surface area contributed by atoms with Crippen molar-refractivity contribution in [2.75, 3.05) is 5.88 Å². The molecule has 0 unspecified atom stereocenters. The van der Waals surface area contributed by atoms with Crippen LogP contribution in [0.15, 0.2) is 0 Å². The summed E-state index contributed by atoms with van der Waals surface area (Å²) in [6.07, 6.45) is 3.22. The fourth-order valence-electron chi connectivity index (χ4n) is 1.82. The van der Waals surface area contributed by atoms with E-state index in [2.05, 4.69) is 0 Å². The smallest absolute Gasteiger partial charge is 0.146 e. The Morgan fingerprint density at radius 1 is 1.31 bits per heavy atom. The predicted molar refractivity (Wildman–Crippen MR) is 51.9 cm³/mol. The van der Waals surface area contributed by atoms with Gasteiger partial charge in [-0.15, -0.1) is 11.6 Å². The number of halogens is 1. The molecule has 1 aliphatic rings. The van der Waals surface area contributed by atoms with Gasteiger partial charge >= 0.3 is 0 Å². The van der Waals surface area contributed by atoms with Crippen molar-refractivity contribution in [2.24, 2.45) is 5.41 Å². The molecule has 0 aromatic heterocycles. The highest BCUT2D eigenvalue weighted by Gasteiger charge is 2.41. The monoisotopic (exact) mass is 202 g/mol. The number of alkyl halides is 1. The Balaban J connectivity index is 2.69. The third kappa shape index (κ3) is 2.11. The van der Waals surface area contributed by atoms with Gasteiger partial charge in [-0.25, -0.2) is 0 Å². The van der Waals surface area contributed by atoms with Gasteiger partial charge in [0.25, 0.3) is 0 Å². The predicted octanol–water partition coefficient (Wildman–Crippen LogP) is 2.33. The molecule has 1 saturated carbocycles. The number of ketones is 2. The Morgan fingerprint density at radius 3 is 2.31 bits per heavy atom. The first-order valence-corrected chi connectivity index (χ1v) is 5.27. The molecule has 1 rings (SSSR count). The molecule has 0 N–H and O–H groups in total. The molecule has 0 aromatic rings. The van der Waals surface area contributed by atoms with Crippen LogP contribution in [0.3, 0.4) is 0 Å². The Labute approximate surface area is 83.6 Å². The van der Waals surface area contributed by atoms with Crippen molar-refractivity contribution in [2.45, 2.75) is 39.0 Å². The molecule has 0 atom stereocenters. The van der Waals surface area contributed by atoms with Crippen LogP contribution in [0.4, 0.5) is 0 Å². The van der Waals surface area contributed by atoms with E-state index >= 15 is 0 Å². The van der Waals surface area contributed by atoms with Gasteiger partial charge in [0.05, 0.1) is 5.41 Å². The van der Waals surface area contributed by atoms with Crippen LogP contribution in [-0.4, -0.2) is 17.4 Å². The van der Waals surface area contributed by atoms with Crippen LogP contribution < -0.4 is 0 Å². The Bertz CT molecular complexity index is 207. The van der Waals surface area contributed by atoms with Gasteiger partial charge in [0.15, 0.2) is 0 Å². The maximum Gasteiger partial charge on any atom is 0.146 e. The van der Waals surface area contributed by atoms with Crippen molar-refractivity contribution in [1.29, 1.82) is 0 Å². The molecule has 2 nitrogen and oxygen atoms in total. The molecular formula is C10H15ClO2. The second-order valence-corrected chi connectivity index (χ2v) is 4.20. The quantitative estimate of drug-likeness (QED) is 0.520. The summed E-state index contributed by atoms with van der Waals surface area (Å²) in [5, 5.41) is 0. The Morgan fingerprint density at radius 2 is 1.85 bits per heavy atom. The van der Waals surface area contributed by atoms with Crippen molar-refractivity contribution < 1.29 is 9.59 Å². The molecular weight excluding hydrogens is 188 g/mol. The zero-order valence-electron chi connectivity index (χ0n) is 7.94. The van der Waals surface area contributed by atoms with Crippen LogP contribution in [0, 0.1) is 5.41 Å². The van der Waals surface area contributed by atoms with Gasteiger partial charge in [-0.1, -0.05) is 0 Å². The van der Waals surface area contributed by atoms with Crippen molar-refractivity contribution in [3.05, 3.63) is 0 Å². The largest absolute Gasteiger partial charge is 0.299 e. The summed E-state index contributed by atoms with van der Waals surface area (Å²) in [6, 6.07) is 0. The van der Waals surface area contributed by atoms with Crippen molar-refractivity contribution >= 4 is 23.2 Å². The lowest BCUT2D eigenvalue weighted by Crippen LogP contribution is -2.39. The van der Waals surface area contributed by atoms with E-state index in [1.165, 1.54) is 0 Å². The zero-order valence-corrected chi connectivity index (χ0v) is 8.69. The van der Waals surface area contributed by atoms with E-state index in [0.29, 0.717) is 25.1 Å². The normalized spacial score (nSPS) is 22.0. The summed E-state index contributed by atoms with van der Waals surface area (Å²) < 4.78 is 0. The minimum atomic E-state index is -0.715. The molecule has 0 heterocycles. The van der Waals surface area contributed by atoms with E-state index < -0.39 is 5.41 Å². The van der Waals surface area contributed by atoms with Crippen LogP contribution >= 0.6 is 11.6 Å². The number of carbonyl (C=O) groups is 2. The van der Waals surface area contributed by atoms with E-state index in [0.717, 1.165) is 12.8 Å². The summed E-state index contributed by atoms with van der Waals surface area (Å²) in [5.74, 6) is 0.735. The molecule has 0 aromatic carbocycles. The van der Waals surface area contributed by atoms with Crippen molar-refractivity contribution in [1.82, 2.24) is 0 Å². The fourth-order valence-corrected chi connectivity index (χ4v) is 1.95. The number of hydrogen-bond donors (Lipinski definition) is 0. The average Bonchev–Trinajstić information content (AvgIpc) is 2.11. The van der Waals surface area contributed by atoms with Crippen LogP contribution in [-0.2, 0) is 9.59 Å². The maximum atomic E-state index is 11.6. The van der Waals surface area contributed by atoms with Gasteiger partial charge in [-0.2, -0.15) is 0 Å². The fraction of sp³-hybridized carbons (Fsp3) is 0.800. The minimum absolute atomic E-state index is 0.105. The molecule has 1 fully saturated rings. The molecule has 1 aliphatic carbocycles. The summed E-state index contributed by atoms with van der Waals surface area (Å²) in [7, 11) is 0. The molecule has 0 bridgehead atoms. The second-order valence-electron chi connectivity index (χ2n) is 3.82. The van der Waals surface area contributed by atoms with E-state index in [-0.39, 0.29) is 11.6 Å². The average molecular weight is 203 g/mol. The lowest BCUT2D eigenvalue weighted by molar-refractivity contribution is -0.143. The van der Waals surface area contributed by atoms with E-state index in [1.807, 2.05) is 0 Å². The van der Waals surface area contributed by atoms with Crippen LogP contribution in [0.2, 0.25) is 0 Å². The number of Topliss-reactive ketones (excluding diaryl/α,β-unsaturated/α-hetero) is 2. The van der Waals surface area contributed by atoms with Gasteiger partial charge in [0, 0.05) is 18.7 Å². The molecule has 74 valence electrons. The molecule has 13 heavy (non-hydrogen) atoms. The van der Waals surface area contributed by atoms with Crippen molar-refractivity contribution in [3.8, 4) is 0 Å². The first kappa shape index (κ1) is 10.7. The maximum absolute atomic E-state index is 11.6. The second kappa shape index (κ2) is 4.23. The van der Waals surface area contributed by atoms with Crippen molar-refractivity contribution in [3.63, 3.8) is 0 Å². The summed E-state index contributed by atoms with van der Waals surface area (Å²) >= 11 is 5.56. The Kier molecular flexibility index (Phi) is 3.48. The van der Waals surface area contributed by atoms with Gasteiger partial charge in [-0.05, 0) is 26.2 Å². The lowest BCUT2D eigenvalue weighted by Gasteiger charge is -2.30. The molecule has 0 spiro atoms. The third-order valence-electron chi connectivity index (χ3n) is 2.85. The van der Waals surface area contributed by atoms with E-state index in [9.17, 15) is 9.59 Å². The number of rotatable bonds is 3. The summed E-state index contributed by atoms with van der Waals surface area (Å²) in [4.78, 5) is 23.1. The van der Waals surface area contributed by atoms with Gasteiger partial charge in [0.1, 0.15) is 11.6 Å². The molecule has 0 amide bonds. The number of hydrogen-bond acceptors (Lipinski definition) is 2. The molecule has 0 radical (unpaired) electrons. The standard InChI is InChI=1S/C10H15ClO2/c1-10(6-3-7-11)8(12)4-2-5-9(10)13/h2-7H2,1H3. The third-order valence-corrected chi connectivity index (χ3v) is 3.12. The highest BCUT2D eigenvalue weighted by Crippen LogP contribution is 2.33. The Hall–Kier alpha value is -0.370. The summed E-state index contributed by atoms with van der Waals surface area (Å²) in [6.45, 7) is 1.77. The van der Waals surface area contributed by atoms with Crippen LogP contribution in [0.25, 0.3) is 0 Å². The topological polar surface area (TPSA) is 34.1 Å². The first-order valence-electron chi connectivity index (χ1n) is 4.74. The molecule has 0 saturated heterocycles. The summed E-state index contributed by atoms with van der Waals surface area (Å²) in [5.41, 5.74) is -0.715. The van der Waals surface area contributed by atoms with Gasteiger partial charge in [0.2, 0.25) is 0 Å². The van der Waals surface area contributed by atoms with Gasteiger partial charge < -0.3 is 0 Å². The van der Waals surface area contributed by atoms with Crippen LogP contribution in [0.1, 0.15) is 39.0 Å². The van der Waals surface area contributed by atoms with Crippen LogP contribution in [0.5, 0.6) is 0 Å².